The Morgan fingerprint density at radius 2 is 1.96 bits per heavy atom. The Morgan fingerprint density at radius 3 is 2.56 bits per heavy atom. The third-order valence-electron chi connectivity index (χ3n) is 4.17. The molecule has 1 aromatic carbocycles. The number of nitrogens with one attached hydrogen (secondary N) is 1. The van der Waals surface area contributed by atoms with E-state index < -0.39 is 0 Å². The summed E-state index contributed by atoms with van der Waals surface area (Å²) < 4.78 is 1.83. The van der Waals surface area contributed by atoms with Crippen LogP contribution in [0.1, 0.15) is 40.4 Å². The van der Waals surface area contributed by atoms with Crippen LogP contribution in [-0.4, -0.2) is 20.7 Å². The molecule has 1 N–H and O–H groups in total. The van der Waals surface area contributed by atoms with E-state index in [2.05, 4.69) is 15.4 Å². The second-order valence-electron chi connectivity index (χ2n) is 5.95. The zero-order valence-corrected chi connectivity index (χ0v) is 16.1. The number of thiazole rings is 1. The predicted octanol–water partition coefficient (Wildman–Crippen LogP) is 4.30. The minimum absolute atomic E-state index is 0.137. The molecule has 1 amide bonds. The highest BCUT2D eigenvalue weighted by atomic mass is 35.5. The van der Waals surface area contributed by atoms with Gasteiger partial charge in [0, 0.05) is 34.3 Å². The van der Waals surface area contributed by atoms with E-state index in [4.69, 9.17) is 11.6 Å². The van der Waals surface area contributed by atoms with Gasteiger partial charge in [0.1, 0.15) is 10.7 Å². The van der Waals surface area contributed by atoms with Crippen LogP contribution in [0.4, 0.5) is 0 Å². The molecule has 3 rings (SSSR count). The summed E-state index contributed by atoms with van der Waals surface area (Å²) >= 11 is 7.35. The number of hydrogen-bond donors (Lipinski definition) is 1. The van der Waals surface area contributed by atoms with Gasteiger partial charge in [0.2, 0.25) is 0 Å². The van der Waals surface area contributed by atoms with Crippen molar-refractivity contribution in [3.8, 4) is 10.6 Å². The van der Waals surface area contributed by atoms with Gasteiger partial charge in [-0.15, -0.1) is 11.3 Å². The quantitative estimate of drug-likeness (QED) is 0.740. The summed E-state index contributed by atoms with van der Waals surface area (Å²) in [6.07, 6.45) is 0. The molecule has 0 bridgehead atoms. The molecular formula is C18H19ClN4OS. The first kappa shape index (κ1) is 17.6. The van der Waals surface area contributed by atoms with Crippen LogP contribution in [0.25, 0.3) is 10.6 Å². The molecule has 0 aliphatic heterocycles. The van der Waals surface area contributed by atoms with Crippen molar-refractivity contribution in [2.75, 3.05) is 0 Å². The Labute approximate surface area is 155 Å². The normalized spacial score (nSPS) is 12.2. The fourth-order valence-corrected chi connectivity index (χ4v) is 3.79. The smallest absolute Gasteiger partial charge is 0.271 e. The van der Waals surface area contributed by atoms with Crippen LogP contribution >= 0.6 is 22.9 Å². The first-order valence-corrected chi connectivity index (χ1v) is 9.15. The molecule has 5 nitrogen and oxygen atoms in total. The summed E-state index contributed by atoms with van der Waals surface area (Å²) in [5.41, 5.74) is 4.38. The maximum atomic E-state index is 12.5. The first-order valence-electron chi connectivity index (χ1n) is 7.89. The Kier molecular flexibility index (Phi) is 4.92. The van der Waals surface area contributed by atoms with E-state index in [1.165, 1.54) is 11.3 Å². The average Bonchev–Trinajstić information content (AvgIpc) is 3.14. The van der Waals surface area contributed by atoms with E-state index in [0.717, 1.165) is 27.5 Å². The second-order valence-corrected chi connectivity index (χ2v) is 7.24. The SMILES string of the molecule is Cc1nn(C)c(C)c1[C@@H](C)NC(=O)c1csc(-c2ccc(Cl)cc2)n1. The summed E-state index contributed by atoms with van der Waals surface area (Å²) in [6, 6.07) is 7.28. The maximum absolute atomic E-state index is 12.5. The van der Waals surface area contributed by atoms with Crippen molar-refractivity contribution in [1.29, 1.82) is 0 Å². The minimum Gasteiger partial charge on any atom is -0.344 e. The van der Waals surface area contributed by atoms with Crippen molar-refractivity contribution >= 4 is 28.8 Å². The lowest BCUT2D eigenvalue weighted by atomic mass is 10.1. The van der Waals surface area contributed by atoms with Gasteiger partial charge in [0.25, 0.3) is 5.91 Å². The number of halogens is 1. The molecule has 25 heavy (non-hydrogen) atoms. The van der Waals surface area contributed by atoms with Gasteiger partial charge in [-0.1, -0.05) is 23.7 Å². The van der Waals surface area contributed by atoms with E-state index in [1.54, 1.807) is 5.38 Å². The van der Waals surface area contributed by atoms with Crippen molar-refractivity contribution in [2.24, 2.45) is 7.05 Å². The number of amides is 1. The Hall–Kier alpha value is -2.18. The summed E-state index contributed by atoms with van der Waals surface area (Å²) in [7, 11) is 1.90. The van der Waals surface area contributed by atoms with E-state index >= 15 is 0 Å². The van der Waals surface area contributed by atoms with Crippen LogP contribution in [0.2, 0.25) is 5.02 Å². The fourth-order valence-electron chi connectivity index (χ4n) is 2.86. The molecule has 2 heterocycles. The minimum atomic E-state index is -0.188. The number of nitrogens with zero attached hydrogens (tertiary/aromatic N) is 3. The molecule has 2 aromatic heterocycles. The highest BCUT2D eigenvalue weighted by Gasteiger charge is 2.20. The zero-order chi connectivity index (χ0) is 18.1. The Morgan fingerprint density at radius 1 is 1.28 bits per heavy atom. The van der Waals surface area contributed by atoms with Crippen LogP contribution in [0.5, 0.6) is 0 Å². The molecule has 0 saturated heterocycles. The van der Waals surface area contributed by atoms with E-state index in [9.17, 15) is 4.79 Å². The molecule has 0 unspecified atom stereocenters. The Balaban J connectivity index is 1.76. The molecule has 0 aliphatic carbocycles. The van der Waals surface area contributed by atoms with Crippen molar-refractivity contribution in [3.63, 3.8) is 0 Å². The lowest BCUT2D eigenvalue weighted by molar-refractivity contribution is 0.0935. The summed E-state index contributed by atoms with van der Waals surface area (Å²) in [5.74, 6) is -0.188. The molecule has 7 heteroatoms. The number of aryl methyl sites for hydroxylation is 2. The van der Waals surface area contributed by atoms with E-state index in [0.29, 0.717) is 10.7 Å². The van der Waals surface area contributed by atoms with Gasteiger partial charge in [0.15, 0.2) is 0 Å². The standard InChI is InChI=1S/C18H19ClN4OS/c1-10(16-11(2)22-23(4)12(16)3)20-17(24)15-9-25-18(21-15)13-5-7-14(19)8-6-13/h5-10H,1-4H3,(H,20,24)/t10-/m1/s1. The molecule has 3 aromatic rings. The monoisotopic (exact) mass is 374 g/mol. The van der Waals surface area contributed by atoms with E-state index in [-0.39, 0.29) is 11.9 Å². The summed E-state index contributed by atoms with van der Waals surface area (Å²) in [4.78, 5) is 17.0. The van der Waals surface area contributed by atoms with Crippen LogP contribution in [-0.2, 0) is 7.05 Å². The highest BCUT2D eigenvalue weighted by molar-refractivity contribution is 7.13. The van der Waals surface area contributed by atoms with Gasteiger partial charge < -0.3 is 5.32 Å². The van der Waals surface area contributed by atoms with Crippen LogP contribution in [0.15, 0.2) is 29.6 Å². The molecule has 0 spiro atoms. The maximum Gasteiger partial charge on any atom is 0.271 e. The van der Waals surface area contributed by atoms with Crippen LogP contribution in [0, 0.1) is 13.8 Å². The van der Waals surface area contributed by atoms with Gasteiger partial charge in [-0.05, 0) is 32.9 Å². The zero-order valence-electron chi connectivity index (χ0n) is 14.5. The van der Waals surface area contributed by atoms with Crippen LogP contribution in [0.3, 0.4) is 0 Å². The molecule has 0 radical (unpaired) electrons. The van der Waals surface area contributed by atoms with Crippen molar-refractivity contribution in [2.45, 2.75) is 26.8 Å². The first-order chi connectivity index (χ1) is 11.9. The third kappa shape index (κ3) is 3.60. The number of carbonyl (C=O) groups is 1. The third-order valence-corrected chi connectivity index (χ3v) is 5.32. The molecule has 0 fully saturated rings. The number of hydrogen-bond acceptors (Lipinski definition) is 4. The number of rotatable bonds is 4. The van der Waals surface area contributed by atoms with Crippen molar-refractivity contribution in [3.05, 3.63) is 57.3 Å². The van der Waals surface area contributed by atoms with Gasteiger partial charge in [-0.25, -0.2) is 4.98 Å². The molecule has 1 atom stereocenters. The van der Waals surface area contributed by atoms with Gasteiger partial charge >= 0.3 is 0 Å². The second kappa shape index (κ2) is 6.98. The topological polar surface area (TPSA) is 59.8 Å². The van der Waals surface area contributed by atoms with Crippen molar-refractivity contribution < 1.29 is 4.79 Å². The van der Waals surface area contributed by atoms with Gasteiger partial charge in [-0.2, -0.15) is 5.10 Å². The highest BCUT2D eigenvalue weighted by Crippen LogP contribution is 2.26. The lowest BCUT2D eigenvalue weighted by Gasteiger charge is -2.14. The van der Waals surface area contributed by atoms with Crippen molar-refractivity contribution in [1.82, 2.24) is 20.1 Å². The largest absolute Gasteiger partial charge is 0.344 e. The number of carbonyl (C=O) groups excluding carboxylic acids is 1. The lowest BCUT2D eigenvalue weighted by Crippen LogP contribution is -2.27. The summed E-state index contributed by atoms with van der Waals surface area (Å²) in [6.45, 7) is 5.91. The average molecular weight is 375 g/mol. The van der Waals surface area contributed by atoms with Gasteiger partial charge in [-0.3, -0.25) is 9.48 Å². The molecular weight excluding hydrogens is 356 g/mol. The Bertz CT molecular complexity index is 914. The summed E-state index contributed by atoms with van der Waals surface area (Å²) in [5, 5.41) is 10.7. The molecule has 130 valence electrons. The fraction of sp³-hybridized carbons (Fsp3) is 0.278. The van der Waals surface area contributed by atoms with Gasteiger partial charge in [0.05, 0.1) is 11.7 Å². The number of benzene rings is 1. The van der Waals surface area contributed by atoms with Crippen LogP contribution < -0.4 is 5.32 Å². The molecule has 0 aliphatic rings. The number of aromatic nitrogens is 3. The predicted molar refractivity (Wildman–Crippen MR) is 101 cm³/mol. The molecule has 0 saturated carbocycles. The van der Waals surface area contributed by atoms with E-state index in [1.807, 2.05) is 56.8 Å².